The van der Waals surface area contributed by atoms with Crippen LogP contribution in [0.3, 0.4) is 0 Å². The predicted molar refractivity (Wildman–Crippen MR) is 84.2 cm³/mol. The molecular formula is C17H20N2O. The molecule has 0 heterocycles. The Morgan fingerprint density at radius 2 is 1.45 bits per heavy atom. The first-order valence-electron chi connectivity index (χ1n) is 6.69. The minimum atomic E-state index is -0.0986. The van der Waals surface area contributed by atoms with Gasteiger partial charge in [0.05, 0.1) is 0 Å². The summed E-state index contributed by atoms with van der Waals surface area (Å²) in [4.78, 5) is 12.1. The molecule has 0 atom stereocenters. The number of nitrogens with one attached hydrogen (secondary N) is 2. The van der Waals surface area contributed by atoms with E-state index in [0.29, 0.717) is 5.56 Å². The van der Waals surface area contributed by atoms with Crippen LogP contribution in [0.1, 0.15) is 31.1 Å². The Kier molecular flexibility index (Phi) is 4.08. The van der Waals surface area contributed by atoms with Crippen molar-refractivity contribution in [1.82, 2.24) is 0 Å². The van der Waals surface area contributed by atoms with Crippen LogP contribution in [0.5, 0.6) is 0 Å². The monoisotopic (exact) mass is 268 g/mol. The highest BCUT2D eigenvalue weighted by molar-refractivity contribution is 6.04. The van der Waals surface area contributed by atoms with Gasteiger partial charge in [0.25, 0.3) is 5.91 Å². The van der Waals surface area contributed by atoms with Crippen molar-refractivity contribution in [2.75, 3.05) is 10.6 Å². The van der Waals surface area contributed by atoms with Crippen LogP contribution in [0.4, 0.5) is 11.4 Å². The molecule has 0 saturated heterocycles. The maximum atomic E-state index is 12.1. The summed E-state index contributed by atoms with van der Waals surface area (Å²) in [5.41, 5.74) is 2.46. The lowest BCUT2D eigenvalue weighted by Crippen LogP contribution is -2.26. The van der Waals surface area contributed by atoms with E-state index in [4.69, 9.17) is 0 Å². The molecule has 0 radical (unpaired) electrons. The number of para-hydroxylation sites is 1. The SMILES string of the molecule is CC(C)(C)Nc1ccc(C(=O)Nc2ccccc2)cc1. The molecule has 1 amide bonds. The second-order valence-electron chi connectivity index (χ2n) is 5.77. The van der Waals surface area contributed by atoms with E-state index >= 15 is 0 Å². The summed E-state index contributed by atoms with van der Waals surface area (Å²) in [6.07, 6.45) is 0. The van der Waals surface area contributed by atoms with Crippen molar-refractivity contribution in [3.63, 3.8) is 0 Å². The third-order valence-corrected chi connectivity index (χ3v) is 2.70. The van der Waals surface area contributed by atoms with Crippen molar-refractivity contribution in [1.29, 1.82) is 0 Å². The quantitative estimate of drug-likeness (QED) is 0.878. The zero-order valence-corrected chi connectivity index (χ0v) is 12.1. The lowest BCUT2D eigenvalue weighted by molar-refractivity contribution is 0.102. The number of anilines is 2. The minimum absolute atomic E-state index is 0.00775. The molecule has 0 spiro atoms. The van der Waals surface area contributed by atoms with Crippen LogP contribution >= 0.6 is 0 Å². The Balaban J connectivity index is 2.04. The van der Waals surface area contributed by atoms with E-state index in [9.17, 15) is 4.79 Å². The number of rotatable bonds is 3. The Hall–Kier alpha value is -2.29. The summed E-state index contributed by atoms with van der Waals surface area (Å²) >= 11 is 0. The van der Waals surface area contributed by atoms with Gasteiger partial charge in [0.1, 0.15) is 0 Å². The van der Waals surface area contributed by atoms with Crippen LogP contribution in [0.25, 0.3) is 0 Å². The van der Waals surface area contributed by atoms with Crippen molar-refractivity contribution in [3.05, 3.63) is 60.2 Å². The Bertz CT molecular complexity index is 568. The molecule has 0 aromatic heterocycles. The van der Waals surface area contributed by atoms with E-state index < -0.39 is 0 Å². The molecular weight excluding hydrogens is 248 g/mol. The lowest BCUT2D eigenvalue weighted by Gasteiger charge is -2.22. The van der Waals surface area contributed by atoms with E-state index in [0.717, 1.165) is 11.4 Å². The molecule has 2 aromatic rings. The van der Waals surface area contributed by atoms with E-state index in [-0.39, 0.29) is 11.4 Å². The Morgan fingerprint density at radius 3 is 2.00 bits per heavy atom. The van der Waals surface area contributed by atoms with Gasteiger partial charge >= 0.3 is 0 Å². The summed E-state index contributed by atoms with van der Waals surface area (Å²) in [6.45, 7) is 6.30. The summed E-state index contributed by atoms with van der Waals surface area (Å²) in [6, 6.07) is 16.9. The molecule has 0 aliphatic heterocycles. The first-order chi connectivity index (χ1) is 9.44. The normalized spacial score (nSPS) is 10.9. The second kappa shape index (κ2) is 5.78. The molecule has 2 aromatic carbocycles. The predicted octanol–water partition coefficient (Wildman–Crippen LogP) is 4.15. The van der Waals surface area contributed by atoms with Gasteiger partial charge < -0.3 is 10.6 Å². The molecule has 2 rings (SSSR count). The molecule has 2 N–H and O–H groups in total. The minimum Gasteiger partial charge on any atom is -0.380 e. The standard InChI is InChI=1S/C17H20N2O/c1-17(2,3)19-15-11-9-13(10-12-15)16(20)18-14-7-5-4-6-8-14/h4-12,19H,1-3H3,(H,18,20). The summed E-state index contributed by atoms with van der Waals surface area (Å²) in [5.74, 6) is -0.0986. The first-order valence-corrected chi connectivity index (χ1v) is 6.69. The highest BCUT2D eigenvalue weighted by Crippen LogP contribution is 2.16. The fraction of sp³-hybridized carbons (Fsp3) is 0.235. The third kappa shape index (κ3) is 4.12. The van der Waals surface area contributed by atoms with Gasteiger partial charge in [-0.25, -0.2) is 0 Å². The van der Waals surface area contributed by atoms with Gasteiger partial charge in [-0.05, 0) is 57.2 Å². The summed E-state index contributed by atoms with van der Waals surface area (Å²) in [5, 5.41) is 6.23. The van der Waals surface area contributed by atoms with Crippen molar-refractivity contribution >= 4 is 17.3 Å². The molecule has 0 unspecified atom stereocenters. The number of benzene rings is 2. The number of hydrogen-bond donors (Lipinski definition) is 2. The van der Waals surface area contributed by atoms with E-state index in [2.05, 4.69) is 31.4 Å². The first kappa shape index (κ1) is 14.1. The van der Waals surface area contributed by atoms with Crippen LogP contribution in [0, 0.1) is 0 Å². The fourth-order valence-electron chi connectivity index (χ4n) is 1.86. The van der Waals surface area contributed by atoms with Crippen molar-refractivity contribution < 1.29 is 4.79 Å². The largest absolute Gasteiger partial charge is 0.380 e. The summed E-state index contributed by atoms with van der Waals surface area (Å²) in [7, 11) is 0. The zero-order chi connectivity index (χ0) is 14.6. The van der Waals surface area contributed by atoms with Gasteiger partial charge in [-0.3, -0.25) is 4.79 Å². The summed E-state index contributed by atoms with van der Waals surface area (Å²) < 4.78 is 0. The van der Waals surface area contributed by atoms with Gasteiger partial charge in [0.2, 0.25) is 0 Å². The molecule has 3 nitrogen and oxygen atoms in total. The molecule has 0 saturated carbocycles. The Labute approximate surface area is 120 Å². The number of amides is 1. The molecule has 104 valence electrons. The molecule has 0 aliphatic rings. The zero-order valence-electron chi connectivity index (χ0n) is 12.1. The molecule has 0 fully saturated rings. The highest BCUT2D eigenvalue weighted by Gasteiger charge is 2.10. The van der Waals surface area contributed by atoms with Crippen molar-refractivity contribution in [3.8, 4) is 0 Å². The van der Waals surface area contributed by atoms with Crippen LogP contribution in [-0.4, -0.2) is 11.4 Å². The van der Waals surface area contributed by atoms with Gasteiger partial charge in [0, 0.05) is 22.5 Å². The Morgan fingerprint density at radius 1 is 0.850 bits per heavy atom. The van der Waals surface area contributed by atoms with Crippen LogP contribution in [-0.2, 0) is 0 Å². The van der Waals surface area contributed by atoms with Crippen LogP contribution in [0.15, 0.2) is 54.6 Å². The topological polar surface area (TPSA) is 41.1 Å². The molecule has 0 bridgehead atoms. The maximum absolute atomic E-state index is 12.1. The number of carbonyl (C=O) groups excluding carboxylic acids is 1. The van der Waals surface area contributed by atoms with Crippen LogP contribution in [0.2, 0.25) is 0 Å². The van der Waals surface area contributed by atoms with E-state index in [1.807, 2.05) is 54.6 Å². The average Bonchev–Trinajstić information content (AvgIpc) is 2.39. The van der Waals surface area contributed by atoms with Gasteiger partial charge in [-0.1, -0.05) is 18.2 Å². The smallest absolute Gasteiger partial charge is 0.255 e. The van der Waals surface area contributed by atoms with Gasteiger partial charge in [-0.2, -0.15) is 0 Å². The van der Waals surface area contributed by atoms with Gasteiger partial charge in [0.15, 0.2) is 0 Å². The fourth-order valence-corrected chi connectivity index (χ4v) is 1.86. The molecule has 3 heteroatoms. The van der Waals surface area contributed by atoms with Crippen LogP contribution < -0.4 is 10.6 Å². The molecule has 0 aliphatic carbocycles. The van der Waals surface area contributed by atoms with Crippen molar-refractivity contribution in [2.45, 2.75) is 26.3 Å². The third-order valence-electron chi connectivity index (χ3n) is 2.70. The second-order valence-corrected chi connectivity index (χ2v) is 5.77. The van der Waals surface area contributed by atoms with E-state index in [1.54, 1.807) is 0 Å². The maximum Gasteiger partial charge on any atom is 0.255 e. The van der Waals surface area contributed by atoms with Crippen molar-refractivity contribution in [2.24, 2.45) is 0 Å². The van der Waals surface area contributed by atoms with E-state index in [1.165, 1.54) is 0 Å². The average molecular weight is 268 g/mol. The number of carbonyl (C=O) groups is 1. The lowest BCUT2D eigenvalue weighted by atomic mass is 10.1. The highest BCUT2D eigenvalue weighted by atomic mass is 16.1. The number of hydrogen-bond acceptors (Lipinski definition) is 2. The van der Waals surface area contributed by atoms with Gasteiger partial charge in [-0.15, -0.1) is 0 Å². The molecule has 20 heavy (non-hydrogen) atoms.